The van der Waals surface area contributed by atoms with Crippen molar-refractivity contribution in [2.24, 2.45) is 4.99 Å². The fraction of sp³-hybridized carbons (Fsp3) is 0.500. The van der Waals surface area contributed by atoms with E-state index in [1.807, 2.05) is 30.5 Å². The first-order chi connectivity index (χ1) is 14.7. The van der Waals surface area contributed by atoms with Gasteiger partial charge in [0.15, 0.2) is 5.96 Å². The van der Waals surface area contributed by atoms with Crippen molar-refractivity contribution in [2.45, 2.75) is 45.3 Å². The van der Waals surface area contributed by atoms with E-state index >= 15 is 0 Å². The van der Waals surface area contributed by atoms with Gasteiger partial charge in [0.05, 0.1) is 11.1 Å². The van der Waals surface area contributed by atoms with Gasteiger partial charge in [0.2, 0.25) is 0 Å². The summed E-state index contributed by atoms with van der Waals surface area (Å²) < 4.78 is 5.56. The lowest BCUT2D eigenvalue weighted by atomic mass is 10.1. The largest absolute Gasteiger partial charge is 0.376 e. The zero-order chi connectivity index (χ0) is 21.2. The minimum atomic E-state index is -0.0650. The molecule has 162 valence electrons. The van der Waals surface area contributed by atoms with Gasteiger partial charge in [-0.25, -0.2) is 4.98 Å². The molecule has 1 aliphatic rings. The third-order valence-electron chi connectivity index (χ3n) is 4.97. The smallest absolute Gasteiger partial charge is 0.251 e. The molecule has 0 bridgehead atoms. The Morgan fingerprint density at radius 3 is 2.97 bits per heavy atom. The van der Waals surface area contributed by atoms with Gasteiger partial charge in [-0.15, -0.1) is 11.3 Å². The van der Waals surface area contributed by atoms with Crippen molar-refractivity contribution in [2.75, 3.05) is 26.7 Å². The maximum atomic E-state index is 12.4. The van der Waals surface area contributed by atoms with Crippen molar-refractivity contribution in [3.8, 4) is 0 Å². The van der Waals surface area contributed by atoms with Crippen LogP contribution in [0, 0.1) is 0 Å². The Kier molecular flexibility index (Phi) is 8.65. The zero-order valence-electron chi connectivity index (χ0n) is 17.7. The van der Waals surface area contributed by atoms with Crippen LogP contribution in [0.2, 0.25) is 0 Å². The molecule has 0 spiro atoms. The van der Waals surface area contributed by atoms with Crippen molar-refractivity contribution in [3.63, 3.8) is 0 Å². The monoisotopic (exact) mass is 429 g/mol. The number of nitrogens with one attached hydrogen (secondary N) is 3. The molecule has 8 heteroatoms. The van der Waals surface area contributed by atoms with Gasteiger partial charge in [0.25, 0.3) is 5.91 Å². The minimum Gasteiger partial charge on any atom is -0.376 e. The standard InChI is InChI=1S/C22H31N5O2S/c1-3-19-15-25-20(30-19)9-10-24-22(23-2)27-13-16-6-4-7-17(12-16)21(28)26-14-18-8-5-11-29-18/h4,6-7,12,15,18H,3,5,8-11,13-14H2,1-2H3,(H,26,28)(H2,23,24,27). The Morgan fingerprint density at radius 2 is 2.23 bits per heavy atom. The minimum absolute atomic E-state index is 0.0650. The zero-order valence-corrected chi connectivity index (χ0v) is 18.6. The average molecular weight is 430 g/mol. The van der Waals surface area contributed by atoms with Crippen molar-refractivity contribution in [1.29, 1.82) is 0 Å². The molecule has 0 radical (unpaired) electrons. The summed E-state index contributed by atoms with van der Waals surface area (Å²) in [5.41, 5.74) is 1.68. The molecule has 2 heterocycles. The van der Waals surface area contributed by atoms with Crippen LogP contribution in [0.4, 0.5) is 0 Å². The predicted molar refractivity (Wildman–Crippen MR) is 121 cm³/mol. The number of aryl methyl sites for hydroxylation is 1. The molecule has 1 aliphatic heterocycles. The second kappa shape index (κ2) is 11.7. The summed E-state index contributed by atoms with van der Waals surface area (Å²) in [5, 5.41) is 10.7. The average Bonchev–Trinajstić information content (AvgIpc) is 3.46. The summed E-state index contributed by atoms with van der Waals surface area (Å²) >= 11 is 1.76. The molecule has 7 nitrogen and oxygen atoms in total. The molecule has 2 aromatic rings. The highest BCUT2D eigenvalue weighted by Gasteiger charge is 2.16. The van der Waals surface area contributed by atoms with Crippen LogP contribution in [-0.4, -0.2) is 49.7 Å². The van der Waals surface area contributed by atoms with Gasteiger partial charge >= 0.3 is 0 Å². The van der Waals surface area contributed by atoms with E-state index in [2.05, 4.69) is 32.9 Å². The van der Waals surface area contributed by atoms with Crippen molar-refractivity contribution in [1.82, 2.24) is 20.9 Å². The van der Waals surface area contributed by atoms with Crippen LogP contribution in [0.5, 0.6) is 0 Å². The lowest BCUT2D eigenvalue weighted by molar-refractivity contribution is 0.0857. The third-order valence-corrected chi connectivity index (χ3v) is 6.17. The second-order valence-corrected chi connectivity index (χ2v) is 8.42. The third kappa shape index (κ3) is 6.81. The number of carbonyl (C=O) groups excluding carboxylic acids is 1. The van der Waals surface area contributed by atoms with Crippen LogP contribution < -0.4 is 16.0 Å². The number of aliphatic imine (C=N–C) groups is 1. The molecule has 1 aromatic heterocycles. The van der Waals surface area contributed by atoms with Crippen LogP contribution in [0.15, 0.2) is 35.5 Å². The Hall–Kier alpha value is -2.45. The van der Waals surface area contributed by atoms with Gasteiger partial charge in [-0.1, -0.05) is 19.1 Å². The number of benzene rings is 1. The van der Waals surface area contributed by atoms with Crippen LogP contribution >= 0.6 is 11.3 Å². The number of rotatable bonds is 9. The first-order valence-electron chi connectivity index (χ1n) is 10.5. The molecule has 0 saturated carbocycles. The lowest BCUT2D eigenvalue weighted by Gasteiger charge is -2.13. The predicted octanol–water partition coefficient (Wildman–Crippen LogP) is 2.52. The molecular weight excluding hydrogens is 398 g/mol. The SMILES string of the molecule is CCc1cnc(CCNC(=NC)NCc2cccc(C(=O)NCC3CCCO3)c2)s1. The van der Waals surface area contributed by atoms with Crippen LogP contribution in [-0.2, 0) is 24.1 Å². The number of amides is 1. The Balaban J connectivity index is 1.43. The Morgan fingerprint density at radius 1 is 1.33 bits per heavy atom. The molecule has 1 amide bonds. The van der Waals surface area contributed by atoms with E-state index in [1.54, 1.807) is 18.4 Å². The second-order valence-electron chi connectivity index (χ2n) is 7.22. The van der Waals surface area contributed by atoms with Crippen molar-refractivity contribution < 1.29 is 9.53 Å². The summed E-state index contributed by atoms with van der Waals surface area (Å²) in [6.07, 6.45) is 6.08. The highest BCUT2D eigenvalue weighted by atomic mass is 32.1. The first-order valence-corrected chi connectivity index (χ1v) is 11.4. The molecule has 1 fully saturated rings. The molecule has 1 saturated heterocycles. The number of hydrogen-bond donors (Lipinski definition) is 3. The molecule has 0 aliphatic carbocycles. The van der Waals surface area contributed by atoms with Crippen LogP contribution in [0.3, 0.4) is 0 Å². The highest BCUT2D eigenvalue weighted by Crippen LogP contribution is 2.13. The molecule has 3 N–H and O–H groups in total. The maximum Gasteiger partial charge on any atom is 0.251 e. The summed E-state index contributed by atoms with van der Waals surface area (Å²) in [4.78, 5) is 22.4. The van der Waals surface area contributed by atoms with E-state index < -0.39 is 0 Å². The molecule has 1 aromatic carbocycles. The van der Waals surface area contributed by atoms with Gasteiger partial charge in [0.1, 0.15) is 0 Å². The summed E-state index contributed by atoms with van der Waals surface area (Å²) in [5.74, 6) is 0.667. The van der Waals surface area contributed by atoms with Crippen molar-refractivity contribution in [3.05, 3.63) is 51.5 Å². The molecule has 1 atom stereocenters. The van der Waals surface area contributed by atoms with E-state index in [1.165, 1.54) is 4.88 Å². The topological polar surface area (TPSA) is 87.6 Å². The van der Waals surface area contributed by atoms with E-state index in [9.17, 15) is 4.79 Å². The lowest BCUT2D eigenvalue weighted by Crippen LogP contribution is -2.38. The first kappa shape index (κ1) is 22.2. The van der Waals surface area contributed by atoms with Crippen molar-refractivity contribution >= 4 is 23.2 Å². The Bertz CT molecular complexity index is 846. The highest BCUT2D eigenvalue weighted by molar-refractivity contribution is 7.11. The van der Waals surface area contributed by atoms with Gasteiger partial charge in [-0.3, -0.25) is 9.79 Å². The number of aromatic nitrogens is 1. The van der Waals surface area contributed by atoms with Gasteiger partial charge in [-0.2, -0.15) is 0 Å². The number of guanidine groups is 1. The fourth-order valence-electron chi connectivity index (χ4n) is 3.26. The molecule has 1 unspecified atom stereocenters. The summed E-state index contributed by atoms with van der Waals surface area (Å²) in [6, 6.07) is 7.65. The molecule has 30 heavy (non-hydrogen) atoms. The quantitative estimate of drug-likeness (QED) is 0.421. The van der Waals surface area contributed by atoms with Gasteiger partial charge < -0.3 is 20.7 Å². The molecular formula is C22H31N5O2S. The van der Waals surface area contributed by atoms with Gasteiger partial charge in [-0.05, 0) is 37.0 Å². The number of ether oxygens (including phenoxy) is 1. The maximum absolute atomic E-state index is 12.4. The van der Waals surface area contributed by atoms with E-state index in [0.717, 1.165) is 55.4 Å². The number of thiazole rings is 1. The number of carbonyl (C=O) groups is 1. The normalized spacial score (nSPS) is 16.5. The summed E-state index contributed by atoms with van der Waals surface area (Å²) in [7, 11) is 1.75. The fourth-order valence-corrected chi connectivity index (χ4v) is 4.12. The Labute approximate surface area is 182 Å². The number of nitrogens with zero attached hydrogens (tertiary/aromatic N) is 2. The van der Waals surface area contributed by atoms with E-state index in [-0.39, 0.29) is 12.0 Å². The van der Waals surface area contributed by atoms with Gasteiger partial charge in [0, 0.05) is 56.3 Å². The number of hydrogen-bond acceptors (Lipinski definition) is 5. The van der Waals surface area contributed by atoms with Crippen LogP contribution in [0.1, 0.15) is 45.6 Å². The van der Waals surface area contributed by atoms with E-state index in [0.29, 0.717) is 18.7 Å². The van der Waals surface area contributed by atoms with Crippen LogP contribution in [0.25, 0.3) is 0 Å². The molecule has 3 rings (SSSR count). The summed E-state index contributed by atoms with van der Waals surface area (Å²) in [6.45, 7) is 4.85. The van der Waals surface area contributed by atoms with E-state index in [4.69, 9.17) is 4.74 Å².